The minimum atomic E-state index is -3.36. The molecule has 1 aliphatic heterocycles. The molecule has 1 unspecified atom stereocenters. The molecule has 2 N–H and O–H groups in total. The van der Waals surface area contributed by atoms with Crippen molar-refractivity contribution in [2.24, 2.45) is 5.92 Å². The van der Waals surface area contributed by atoms with Crippen LogP contribution in [0.2, 0.25) is 0 Å². The first-order chi connectivity index (χ1) is 9.88. The van der Waals surface area contributed by atoms with E-state index in [1.54, 1.807) is 6.07 Å². The zero-order chi connectivity index (χ0) is 15.5. The average Bonchev–Trinajstić information content (AvgIpc) is 3.04. The second kappa shape index (κ2) is 7.46. The number of thioether (sulfide) groups is 1. The van der Waals surface area contributed by atoms with Gasteiger partial charge in [-0.2, -0.15) is 11.8 Å². The maximum Gasteiger partial charge on any atom is 0.250 e. The highest BCUT2D eigenvalue weighted by molar-refractivity contribution is 7.99. The van der Waals surface area contributed by atoms with E-state index in [2.05, 4.69) is 23.9 Å². The number of nitrogens with one attached hydrogen (secondary N) is 2. The van der Waals surface area contributed by atoms with E-state index in [9.17, 15) is 8.42 Å². The van der Waals surface area contributed by atoms with Gasteiger partial charge in [-0.15, -0.1) is 11.3 Å². The van der Waals surface area contributed by atoms with Gasteiger partial charge < -0.3 is 5.32 Å². The van der Waals surface area contributed by atoms with E-state index < -0.39 is 10.0 Å². The first kappa shape index (κ1) is 17.3. The van der Waals surface area contributed by atoms with Gasteiger partial charge in [0.15, 0.2) is 0 Å². The summed E-state index contributed by atoms with van der Waals surface area (Å²) >= 11 is 3.28. The van der Waals surface area contributed by atoms with Crippen molar-refractivity contribution in [1.82, 2.24) is 10.0 Å². The van der Waals surface area contributed by atoms with Crippen molar-refractivity contribution < 1.29 is 8.42 Å². The Morgan fingerprint density at radius 1 is 1.43 bits per heavy atom. The number of thiophene rings is 1. The Morgan fingerprint density at radius 3 is 2.81 bits per heavy atom. The number of hydrogen-bond donors (Lipinski definition) is 2. The largest absolute Gasteiger partial charge is 0.310 e. The van der Waals surface area contributed by atoms with E-state index in [4.69, 9.17) is 0 Å². The zero-order valence-corrected chi connectivity index (χ0v) is 15.3. The standard InChI is InChI=1S/C14H24N2O2S3/c1-10(2)15-8-13-11(3)6-14(20-13)21(17,18)16-7-12-4-5-19-9-12/h6,10,12,15-16H,4-5,7-9H2,1-3H3. The van der Waals surface area contributed by atoms with Gasteiger partial charge in [0.05, 0.1) is 0 Å². The van der Waals surface area contributed by atoms with Gasteiger partial charge in [-0.3, -0.25) is 0 Å². The Balaban J connectivity index is 2.00. The lowest BCUT2D eigenvalue weighted by atomic mass is 10.1. The van der Waals surface area contributed by atoms with Gasteiger partial charge in [0.25, 0.3) is 0 Å². The molecule has 1 fully saturated rings. The normalized spacial score (nSPS) is 19.5. The van der Waals surface area contributed by atoms with E-state index >= 15 is 0 Å². The highest BCUT2D eigenvalue weighted by Crippen LogP contribution is 2.27. The molecule has 0 spiro atoms. The van der Waals surface area contributed by atoms with E-state index in [1.807, 2.05) is 18.7 Å². The van der Waals surface area contributed by atoms with Crippen LogP contribution in [0.25, 0.3) is 0 Å². The van der Waals surface area contributed by atoms with Crippen LogP contribution >= 0.6 is 23.1 Å². The van der Waals surface area contributed by atoms with Crippen LogP contribution in [0.1, 0.15) is 30.7 Å². The van der Waals surface area contributed by atoms with E-state index in [0.29, 0.717) is 22.7 Å². The Kier molecular flexibility index (Phi) is 6.14. The van der Waals surface area contributed by atoms with Crippen molar-refractivity contribution in [2.45, 2.75) is 44.0 Å². The summed E-state index contributed by atoms with van der Waals surface area (Å²) in [5.41, 5.74) is 1.05. The highest BCUT2D eigenvalue weighted by atomic mass is 32.2. The summed E-state index contributed by atoms with van der Waals surface area (Å²) in [5.74, 6) is 2.69. The molecule has 21 heavy (non-hydrogen) atoms. The van der Waals surface area contributed by atoms with Crippen molar-refractivity contribution >= 4 is 33.1 Å². The van der Waals surface area contributed by atoms with Crippen LogP contribution in [0, 0.1) is 12.8 Å². The van der Waals surface area contributed by atoms with Crippen molar-refractivity contribution in [3.63, 3.8) is 0 Å². The Bertz CT molecular complexity index is 561. The number of hydrogen-bond acceptors (Lipinski definition) is 5. The van der Waals surface area contributed by atoms with Crippen LogP contribution in [0.3, 0.4) is 0 Å². The monoisotopic (exact) mass is 348 g/mol. The first-order valence-corrected chi connectivity index (χ1v) is 10.7. The van der Waals surface area contributed by atoms with Gasteiger partial charge in [-0.1, -0.05) is 13.8 Å². The molecule has 1 aromatic rings. The average molecular weight is 349 g/mol. The Labute approximate surface area is 136 Å². The molecule has 1 atom stereocenters. The lowest BCUT2D eigenvalue weighted by molar-refractivity contribution is 0.547. The summed E-state index contributed by atoms with van der Waals surface area (Å²) in [4.78, 5) is 1.10. The predicted octanol–water partition coefficient (Wildman–Crippen LogP) is 2.59. The van der Waals surface area contributed by atoms with Crippen LogP contribution in [-0.4, -0.2) is 32.5 Å². The van der Waals surface area contributed by atoms with Crippen LogP contribution in [-0.2, 0) is 16.6 Å². The van der Waals surface area contributed by atoms with Crippen LogP contribution < -0.4 is 10.0 Å². The van der Waals surface area contributed by atoms with E-state index in [1.165, 1.54) is 11.3 Å². The topological polar surface area (TPSA) is 58.2 Å². The molecular weight excluding hydrogens is 324 g/mol. The number of rotatable bonds is 7. The molecule has 0 saturated carbocycles. The van der Waals surface area contributed by atoms with Crippen molar-refractivity contribution in [2.75, 3.05) is 18.1 Å². The third-order valence-corrected chi connectivity index (χ3v) is 7.89. The second-order valence-electron chi connectivity index (χ2n) is 5.79. The summed E-state index contributed by atoms with van der Waals surface area (Å²) in [7, 11) is -3.36. The van der Waals surface area contributed by atoms with Gasteiger partial charge in [0, 0.05) is 24.0 Å². The number of sulfonamides is 1. The summed E-state index contributed by atoms with van der Waals surface area (Å²) in [6.45, 7) is 7.43. The molecule has 1 aliphatic rings. The maximum absolute atomic E-state index is 12.4. The molecule has 7 heteroatoms. The summed E-state index contributed by atoms with van der Waals surface area (Å²) < 4.78 is 27.9. The number of aryl methyl sites for hydroxylation is 1. The van der Waals surface area contributed by atoms with E-state index in [-0.39, 0.29) is 0 Å². The fourth-order valence-corrected chi connectivity index (χ4v) is 6.12. The molecule has 4 nitrogen and oxygen atoms in total. The molecule has 1 aromatic heterocycles. The van der Waals surface area contributed by atoms with Crippen LogP contribution in [0.5, 0.6) is 0 Å². The molecule has 2 heterocycles. The lowest BCUT2D eigenvalue weighted by Crippen LogP contribution is -2.28. The fraction of sp³-hybridized carbons (Fsp3) is 0.714. The smallest absolute Gasteiger partial charge is 0.250 e. The lowest BCUT2D eigenvalue weighted by Gasteiger charge is -2.09. The Hall–Kier alpha value is -0.0800. The molecule has 2 rings (SSSR count). The molecule has 0 amide bonds. The molecular formula is C14H24N2O2S3. The van der Waals surface area contributed by atoms with Crippen LogP contribution in [0.15, 0.2) is 10.3 Å². The molecule has 0 bridgehead atoms. The maximum atomic E-state index is 12.4. The predicted molar refractivity (Wildman–Crippen MR) is 91.7 cm³/mol. The third-order valence-electron chi connectivity index (χ3n) is 3.52. The highest BCUT2D eigenvalue weighted by Gasteiger charge is 2.22. The van der Waals surface area contributed by atoms with Crippen molar-refractivity contribution in [1.29, 1.82) is 0 Å². The summed E-state index contributed by atoms with van der Waals surface area (Å²) in [6, 6.07) is 2.18. The molecule has 0 radical (unpaired) electrons. The van der Waals surface area contributed by atoms with Gasteiger partial charge in [-0.25, -0.2) is 13.1 Å². The van der Waals surface area contributed by atoms with Crippen molar-refractivity contribution in [3.05, 3.63) is 16.5 Å². The van der Waals surface area contributed by atoms with Gasteiger partial charge in [-0.05, 0) is 42.4 Å². The Morgan fingerprint density at radius 2 is 2.19 bits per heavy atom. The van der Waals surface area contributed by atoms with Gasteiger partial charge in [0.2, 0.25) is 10.0 Å². The fourth-order valence-electron chi connectivity index (χ4n) is 2.14. The minimum Gasteiger partial charge on any atom is -0.310 e. The summed E-state index contributed by atoms with van der Waals surface area (Å²) in [5, 5.41) is 3.34. The third kappa shape index (κ3) is 4.96. The molecule has 1 saturated heterocycles. The SMILES string of the molecule is Cc1cc(S(=O)(=O)NCC2CCSC2)sc1CNC(C)C. The second-order valence-corrected chi connectivity index (χ2v) is 10.1. The minimum absolute atomic E-state index is 0.393. The van der Waals surface area contributed by atoms with Gasteiger partial charge >= 0.3 is 0 Å². The van der Waals surface area contributed by atoms with E-state index in [0.717, 1.165) is 34.9 Å². The van der Waals surface area contributed by atoms with Crippen molar-refractivity contribution in [3.8, 4) is 0 Å². The molecule has 0 aliphatic carbocycles. The van der Waals surface area contributed by atoms with Gasteiger partial charge in [0.1, 0.15) is 4.21 Å². The quantitative estimate of drug-likeness (QED) is 0.795. The zero-order valence-electron chi connectivity index (χ0n) is 12.8. The van der Waals surface area contributed by atoms with Crippen LogP contribution in [0.4, 0.5) is 0 Å². The first-order valence-electron chi connectivity index (χ1n) is 7.28. The molecule has 120 valence electrons. The molecule has 0 aromatic carbocycles. The summed E-state index contributed by atoms with van der Waals surface area (Å²) in [6.07, 6.45) is 1.11.